The average molecular weight is 396 g/mol. The summed E-state index contributed by atoms with van der Waals surface area (Å²) in [7, 11) is 1.70. The average Bonchev–Trinajstić information content (AvgIpc) is 3.22. The lowest BCUT2D eigenvalue weighted by Crippen LogP contribution is -2.24. The lowest BCUT2D eigenvalue weighted by molar-refractivity contribution is -0.121. The molecular weight excluding hydrogens is 370 g/mol. The fourth-order valence-corrected chi connectivity index (χ4v) is 3.77. The van der Waals surface area contributed by atoms with Crippen molar-refractivity contribution in [1.82, 2.24) is 15.3 Å². The lowest BCUT2D eigenvalue weighted by atomic mass is 10.1. The highest BCUT2D eigenvalue weighted by Gasteiger charge is 2.08. The molecule has 0 bridgehead atoms. The molecule has 0 fully saturated rings. The van der Waals surface area contributed by atoms with Crippen LogP contribution < -0.4 is 10.1 Å². The second kappa shape index (κ2) is 10.6. The molecule has 1 aromatic carbocycles. The summed E-state index contributed by atoms with van der Waals surface area (Å²) in [5, 5.41) is 5.90. The van der Waals surface area contributed by atoms with Gasteiger partial charge < -0.3 is 10.1 Å². The summed E-state index contributed by atoms with van der Waals surface area (Å²) in [6.07, 6.45) is 5.78. The molecule has 0 aliphatic heterocycles. The first-order chi connectivity index (χ1) is 13.8. The van der Waals surface area contributed by atoms with E-state index in [-0.39, 0.29) is 5.91 Å². The molecule has 2 heterocycles. The highest BCUT2D eigenvalue weighted by Crippen LogP contribution is 2.22. The van der Waals surface area contributed by atoms with Gasteiger partial charge in [-0.05, 0) is 49.4 Å². The molecule has 2 aromatic heterocycles. The molecule has 0 unspecified atom stereocenters. The van der Waals surface area contributed by atoms with E-state index in [4.69, 9.17) is 4.74 Å². The van der Waals surface area contributed by atoms with Crippen LogP contribution >= 0.6 is 11.3 Å². The maximum Gasteiger partial charge on any atom is 0.220 e. The number of aromatic nitrogens is 2. The molecule has 6 heteroatoms. The number of carbonyl (C=O) groups is 1. The molecule has 5 nitrogen and oxygen atoms in total. The minimum Gasteiger partial charge on any atom is -0.496 e. The van der Waals surface area contributed by atoms with E-state index < -0.39 is 0 Å². The molecular formula is C22H25N3O2S. The van der Waals surface area contributed by atoms with Gasteiger partial charge in [0.1, 0.15) is 10.8 Å². The van der Waals surface area contributed by atoms with Crippen LogP contribution in [0, 0.1) is 0 Å². The smallest absolute Gasteiger partial charge is 0.220 e. The first-order valence-corrected chi connectivity index (χ1v) is 10.4. The van der Waals surface area contributed by atoms with Crippen molar-refractivity contribution in [2.75, 3.05) is 13.7 Å². The van der Waals surface area contributed by atoms with Crippen LogP contribution in [-0.4, -0.2) is 29.5 Å². The first kappa shape index (κ1) is 20.0. The summed E-state index contributed by atoms with van der Waals surface area (Å²) >= 11 is 1.56. The van der Waals surface area contributed by atoms with E-state index in [2.05, 4.69) is 21.4 Å². The summed E-state index contributed by atoms with van der Waals surface area (Å²) in [6.45, 7) is 0.699. The van der Waals surface area contributed by atoms with Crippen molar-refractivity contribution in [2.24, 2.45) is 0 Å². The summed E-state index contributed by atoms with van der Waals surface area (Å²) in [5.41, 5.74) is 3.03. The number of methoxy groups -OCH3 is 1. The fourth-order valence-electron chi connectivity index (χ4n) is 2.94. The van der Waals surface area contributed by atoms with Crippen LogP contribution in [0.2, 0.25) is 0 Å². The quantitative estimate of drug-likeness (QED) is 0.520. The maximum atomic E-state index is 12.1. The summed E-state index contributed by atoms with van der Waals surface area (Å²) in [6, 6.07) is 13.9. The third-order valence-electron chi connectivity index (χ3n) is 4.43. The number of thiazole rings is 1. The van der Waals surface area contributed by atoms with Crippen LogP contribution in [0.5, 0.6) is 5.75 Å². The molecule has 0 atom stereocenters. The number of carbonyl (C=O) groups excluding carboxylic acids is 1. The Hall–Kier alpha value is -2.73. The van der Waals surface area contributed by atoms with Crippen LogP contribution in [0.1, 0.15) is 30.5 Å². The van der Waals surface area contributed by atoms with E-state index in [1.165, 1.54) is 5.56 Å². The zero-order valence-electron chi connectivity index (χ0n) is 16.1. The molecule has 0 saturated carbocycles. The predicted octanol–water partition coefficient (Wildman–Crippen LogP) is 4.29. The van der Waals surface area contributed by atoms with Gasteiger partial charge in [0.25, 0.3) is 0 Å². The van der Waals surface area contributed by atoms with Gasteiger partial charge in [0, 0.05) is 24.5 Å². The molecule has 146 valence electrons. The highest BCUT2D eigenvalue weighted by atomic mass is 32.1. The van der Waals surface area contributed by atoms with E-state index in [1.807, 2.05) is 41.8 Å². The van der Waals surface area contributed by atoms with Gasteiger partial charge in [-0.15, -0.1) is 11.3 Å². The third-order valence-corrected chi connectivity index (χ3v) is 5.35. The molecule has 0 radical (unpaired) electrons. The summed E-state index contributed by atoms with van der Waals surface area (Å²) in [4.78, 5) is 20.9. The van der Waals surface area contributed by atoms with Crippen molar-refractivity contribution in [2.45, 2.75) is 32.1 Å². The Bertz CT molecular complexity index is 880. The van der Waals surface area contributed by atoms with Gasteiger partial charge in [0.15, 0.2) is 0 Å². The van der Waals surface area contributed by atoms with Gasteiger partial charge in [-0.25, -0.2) is 4.98 Å². The number of hydrogen-bond donors (Lipinski definition) is 1. The van der Waals surface area contributed by atoms with E-state index >= 15 is 0 Å². The molecule has 0 aliphatic carbocycles. The van der Waals surface area contributed by atoms with Crippen molar-refractivity contribution in [1.29, 1.82) is 0 Å². The molecule has 1 amide bonds. The SMILES string of the molecule is COc1ccccc1CCCCNC(=O)CCc1csc(-c2ccccn2)n1. The second-order valence-corrected chi connectivity index (χ2v) is 7.34. The standard InChI is InChI=1S/C22H25N3O2S/c1-27-20-11-3-2-8-17(20)9-4-6-15-24-21(26)13-12-18-16-28-22(25-18)19-10-5-7-14-23-19/h2-3,5,7-8,10-11,14,16H,4,6,9,12-13,15H2,1H3,(H,24,26). The van der Waals surface area contributed by atoms with Gasteiger partial charge >= 0.3 is 0 Å². The predicted molar refractivity (Wildman–Crippen MR) is 113 cm³/mol. The molecule has 0 aliphatic rings. The number of para-hydroxylation sites is 1. The highest BCUT2D eigenvalue weighted by molar-refractivity contribution is 7.13. The number of rotatable bonds is 10. The molecule has 1 N–H and O–H groups in total. The van der Waals surface area contributed by atoms with Crippen molar-refractivity contribution in [3.63, 3.8) is 0 Å². The zero-order valence-corrected chi connectivity index (χ0v) is 16.9. The fraction of sp³-hybridized carbons (Fsp3) is 0.318. The Labute approximate surface area is 169 Å². The number of amides is 1. The van der Waals surface area contributed by atoms with Gasteiger partial charge in [0.05, 0.1) is 18.5 Å². The number of benzene rings is 1. The molecule has 0 spiro atoms. The van der Waals surface area contributed by atoms with Crippen molar-refractivity contribution >= 4 is 17.2 Å². The van der Waals surface area contributed by atoms with Gasteiger partial charge in [-0.2, -0.15) is 0 Å². The Morgan fingerprint density at radius 3 is 2.79 bits per heavy atom. The minimum absolute atomic E-state index is 0.0738. The summed E-state index contributed by atoms with van der Waals surface area (Å²) < 4.78 is 5.37. The zero-order chi connectivity index (χ0) is 19.6. The number of nitrogens with one attached hydrogen (secondary N) is 1. The van der Waals surface area contributed by atoms with Crippen molar-refractivity contribution in [3.05, 3.63) is 65.3 Å². The number of aryl methyl sites for hydroxylation is 2. The Morgan fingerprint density at radius 1 is 1.11 bits per heavy atom. The lowest BCUT2D eigenvalue weighted by Gasteiger charge is -2.08. The minimum atomic E-state index is 0.0738. The Morgan fingerprint density at radius 2 is 1.96 bits per heavy atom. The number of nitrogens with zero attached hydrogens (tertiary/aromatic N) is 2. The maximum absolute atomic E-state index is 12.1. The number of pyridine rings is 1. The Balaban J connectivity index is 1.33. The van der Waals surface area contributed by atoms with E-state index in [0.29, 0.717) is 19.4 Å². The molecule has 3 aromatic rings. The first-order valence-electron chi connectivity index (χ1n) is 9.50. The van der Waals surface area contributed by atoms with Crippen LogP contribution in [0.15, 0.2) is 54.0 Å². The molecule has 28 heavy (non-hydrogen) atoms. The van der Waals surface area contributed by atoms with Gasteiger partial charge in [-0.1, -0.05) is 24.3 Å². The van der Waals surface area contributed by atoms with Crippen LogP contribution in [-0.2, 0) is 17.6 Å². The van der Waals surface area contributed by atoms with Crippen LogP contribution in [0.3, 0.4) is 0 Å². The number of hydrogen-bond acceptors (Lipinski definition) is 5. The summed E-state index contributed by atoms with van der Waals surface area (Å²) in [5.74, 6) is 1.00. The second-order valence-electron chi connectivity index (χ2n) is 6.48. The third kappa shape index (κ3) is 5.89. The largest absolute Gasteiger partial charge is 0.496 e. The van der Waals surface area contributed by atoms with Crippen LogP contribution in [0.4, 0.5) is 0 Å². The normalized spacial score (nSPS) is 10.6. The van der Waals surface area contributed by atoms with Gasteiger partial charge in [-0.3, -0.25) is 9.78 Å². The van der Waals surface area contributed by atoms with Gasteiger partial charge in [0.2, 0.25) is 5.91 Å². The van der Waals surface area contributed by atoms with E-state index in [9.17, 15) is 4.79 Å². The van der Waals surface area contributed by atoms with E-state index in [1.54, 1.807) is 24.6 Å². The molecule has 3 rings (SSSR count). The number of ether oxygens (including phenoxy) is 1. The van der Waals surface area contributed by atoms with Crippen LogP contribution in [0.25, 0.3) is 10.7 Å². The topological polar surface area (TPSA) is 64.1 Å². The van der Waals surface area contributed by atoms with Crippen molar-refractivity contribution in [3.8, 4) is 16.5 Å². The Kier molecular flexibility index (Phi) is 7.55. The number of unbranched alkanes of at least 4 members (excludes halogenated alkanes) is 1. The monoisotopic (exact) mass is 395 g/mol. The van der Waals surface area contributed by atoms with E-state index in [0.717, 1.165) is 41.4 Å². The molecule has 0 saturated heterocycles. The van der Waals surface area contributed by atoms with Crippen molar-refractivity contribution < 1.29 is 9.53 Å².